The van der Waals surface area contributed by atoms with Crippen molar-refractivity contribution in [2.75, 3.05) is 5.32 Å². The van der Waals surface area contributed by atoms with Crippen LogP contribution in [-0.2, 0) is 6.54 Å². The number of carbonyl (C=O) groups is 3. The smallest absolute Gasteiger partial charge is 0.261 e. The Labute approximate surface area is 161 Å². The zero-order valence-electron chi connectivity index (χ0n) is 14.8. The number of amides is 3. The van der Waals surface area contributed by atoms with Crippen molar-refractivity contribution in [1.82, 2.24) is 4.90 Å². The summed E-state index contributed by atoms with van der Waals surface area (Å²) in [5.41, 5.74) is 2.03. The molecule has 0 saturated carbocycles. The molecule has 2 N–H and O–H groups in total. The molecule has 28 heavy (non-hydrogen) atoms. The number of benzene rings is 3. The summed E-state index contributed by atoms with van der Waals surface area (Å²) in [7, 11) is 0. The molecule has 3 aromatic carbocycles. The molecule has 0 spiro atoms. The number of nitrogens with zero attached hydrogens (tertiary/aromatic N) is 1. The number of aromatic hydroxyl groups is 1. The van der Waals surface area contributed by atoms with Crippen LogP contribution in [0.15, 0.2) is 72.8 Å². The molecule has 0 fully saturated rings. The average molecular weight is 372 g/mol. The van der Waals surface area contributed by atoms with E-state index in [0.29, 0.717) is 5.69 Å². The molecule has 0 atom stereocenters. The van der Waals surface area contributed by atoms with Crippen LogP contribution in [0.1, 0.15) is 36.6 Å². The van der Waals surface area contributed by atoms with Crippen LogP contribution in [0.5, 0.6) is 5.75 Å². The zero-order chi connectivity index (χ0) is 19.7. The Balaban J connectivity index is 1.57. The first kappa shape index (κ1) is 17.5. The molecule has 0 radical (unpaired) electrons. The SMILES string of the molecule is O=C(Nc1cccc(O)c1)c1ccc2c(c1)C(=O)N(Cc1ccccc1)C2=O. The lowest BCUT2D eigenvalue weighted by Crippen LogP contribution is -2.29. The van der Waals surface area contributed by atoms with E-state index in [2.05, 4.69) is 5.32 Å². The van der Waals surface area contributed by atoms with Crippen molar-refractivity contribution >= 4 is 23.4 Å². The number of carbonyl (C=O) groups excluding carboxylic acids is 3. The third-order valence-corrected chi connectivity index (χ3v) is 4.52. The van der Waals surface area contributed by atoms with E-state index in [1.807, 2.05) is 30.3 Å². The Morgan fingerprint density at radius 1 is 0.857 bits per heavy atom. The molecule has 0 aliphatic carbocycles. The molecule has 138 valence electrons. The van der Waals surface area contributed by atoms with Crippen LogP contribution in [0.3, 0.4) is 0 Å². The van der Waals surface area contributed by atoms with Crippen molar-refractivity contribution in [1.29, 1.82) is 0 Å². The number of phenolic OH excluding ortho intramolecular Hbond substituents is 1. The lowest BCUT2D eigenvalue weighted by Gasteiger charge is -2.13. The highest BCUT2D eigenvalue weighted by molar-refractivity contribution is 6.22. The van der Waals surface area contributed by atoms with Crippen LogP contribution in [0, 0.1) is 0 Å². The van der Waals surface area contributed by atoms with E-state index < -0.39 is 11.8 Å². The molecule has 6 heteroatoms. The lowest BCUT2D eigenvalue weighted by atomic mass is 10.1. The van der Waals surface area contributed by atoms with Gasteiger partial charge in [-0.1, -0.05) is 36.4 Å². The fraction of sp³-hybridized carbons (Fsp3) is 0.0455. The van der Waals surface area contributed by atoms with Gasteiger partial charge in [0.05, 0.1) is 17.7 Å². The first-order valence-electron chi connectivity index (χ1n) is 8.67. The quantitative estimate of drug-likeness (QED) is 0.687. The number of fused-ring (bicyclic) bond motifs is 1. The minimum Gasteiger partial charge on any atom is -0.508 e. The summed E-state index contributed by atoms with van der Waals surface area (Å²) in [5, 5.41) is 12.2. The van der Waals surface area contributed by atoms with E-state index in [1.165, 1.54) is 35.2 Å². The molecule has 0 bridgehead atoms. The number of rotatable bonds is 4. The fourth-order valence-electron chi connectivity index (χ4n) is 3.13. The van der Waals surface area contributed by atoms with Gasteiger partial charge in [0, 0.05) is 17.3 Å². The maximum absolute atomic E-state index is 12.7. The predicted molar refractivity (Wildman–Crippen MR) is 103 cm³/mol. The highest BCUT2D eigenvalue weighted by Crippen LogP contribution is 2.26. The van der Waals surface area contributed by atoms with Gasteiger partial charge >= 0.3 is 0 Å². The summed E-state index contributed by atoms with van der Waals surface area (Å²) in [6.45, 7) is 0.179. The molecule has 3 aromatic rings. The summed E-state index contributed by atoms with van der Waals surface area (Å²) in [6.07, 6.45) is 0. The Bertz CT molecular complexity index is 1090. The normalized spacial score (nSPS) is 12.8. The van der Waals surface area contributed by atoms with Crippen LogP contribution in [0.4, 0.5) is 5.69 Å². The van der Waals surface area contributed by atoms with Gasteiger partial charge in [0.1, 0.15) is 5.75 Å². The molecular weight excluding hydrogens is 356 g/mol. The second kappa shape index (κ2) is 7.00. The number of hydrogen-bond donors (Lipinski definition) is 2. The molecule has 6 nitrogen and oxygen atoms in total. The first-order chi connectivity index (χ1) is 13.5. The lowest BCUT2D eigenvalue weighted by molar-refractivity contribution is 0.0642. The van der Waals surface area contributed by atoms with Gasteiger partial charge in [-0.05, 0) is 35.9 Å². The van der Waals surface area contributed by atoms with Crippen LogP contribution in [-0.4, -0.2) is 27.7 Å². The maximum atomic E-state index is 12.7. The van der Waals surface area contributed by atoms with Gasteiger partial charge in [-0.2, -0.15) is 0 Å². The van der Waals surface area contributed by atoms with E-state index in [9.17, 15) is 19.5 Å². The summed E-state index contributed by atoms with van der Waals surface area (Å²) < 4.78 is 0. The Hall–Kier alpha value is -3.93. The number of phenols is 1. The molecular formula is C22H16N2O4. The predicted octanol–water partition coefficient (Wildman–Crippen LogP) is 3.44. The second-order valence-corrected chi connectivity index (χ2v) is 6.45. The van der Waals surface area contributed by atoms with Crippen LogP contribution < -0.4 is 5.32 Å². The van der Waals surface area contributed by atoms with Crippen LogP contribution >= 0.6 is 0 Å². The molecule has 0 aromatic heterocycles. The first-order valence-corrected chi connectivity index (χ1v) is 8.67. The Kier molecular flexibility index (Phi) is 4.37. The highest BCUT2D eigenvalue weighted by Gasteiger charge is 2.35. The highest BCUT2D eigenvalue weighted by atomic mass is 16.3. The fourth-order valence-corrected chi connectivity index (χ4v) is 3.13. The summed E-state index contributed by atoms with van der Waals surface area (Å²) in [5.74, 6) is -1.20. The van der Waals surface area contributed by atoms with Gasteiger partial charge in [-0.15, -0.1) is 0 Å². The van der Waals surface area contributed by atoms with E-state index in [-0.39, 0.29) is 34.9 Å². The van der Waals surface area contributed by atoms with Crippen molar-refractivity contribution in [2.24, 2.45) is 0 Å². The Morgan fingerprint density at radius 3 is 2.36 bits per heavy atom. The monoisotopic (exact) mass is 372 g/mol. The topological polar surface area (TPSA) is 86.7 Å². The largest absolute Gasteiger partial charge is 0.508 e. The van der Waals surface area contributed by atoms with Crippen molar-refractivity contribution in [3.63, 3.8) is 0 Å². The van der Waals surface area contributed by atoms with Gasteiger partial charge in [0.15, 0.2) is 0 Å². The van der Waals surface area contributed by atoms with E-state index in [1.54, 1.807) is 12.1 Å². The number of hydrogen-bond acceptors (Lipinski definition) is 4. The molecule has 0 unspecified atom stereocenters. The van der Waals surface area contributed by atoms with Gasteiger partial charge in [-0.25, -0.2) is 0 Å². The van der Waals surface area contributed by atoms with Crippen LogP contribution in [0.25, 0.3) is 0 Å². The van der Waals surface area contributed by atoms with E-state index in [4.69, 9.17) is 0 Å². The number of imide groups is 1. The van der Waals surface area contributed by atoms with E-state index in [0.717, 1.165) is 5.56 Å². The van der Waals surface area contributed by atoms with Crippen molar-refractivity contribution in [2.45, 2.75) is 6.54 Å². The minimum absolute atomic E-state index is 0.0316. The standard InChI is InChI=1S/C22H16N2O4/c25-17-8-4-7-16(12-17)23-20(26)15-9-10-18-19(11-15)22(28)24(21(18)27)13-14-5-2-1-3-6-14/h1-12,25H,13H2,(H,23,26). The van der Waals surface area contributed by atoms with E-state index >= 15 is 0 Å². The molecule has 1 aliphatic heterocycles. The summed E-state index contributed by atoms with van der Waals surface area (Å²) in [6, 6.07) is 19.8. The third-order valence-electron chi connectivity index (χ3n) is 4.52. The van der Waals surface area contributed by atoms with Crippen LogP contribution in [0.2, 0.25) is 0 Å². The van der Waals surface area contributed by atoms with Gasteiger partial charge in [0.2, 0.25) is 0 Å². The van der Waals surface area contributed by atoms with Crippen molar-refractivity contribution in [3.8, 4) is 5.75 Å². The number of anilines is 1. The molecule has 3 amide bonds. The summed E-state index contributed by atoms with van der Waals surface area (Å²) >= 11 is 0. The maximum Gasteiger partial charge on any atom is 0.261 e. The van der Waals surface area contributed by atoms with Crippen molar-refractivity contribution < 1.29 is 19.5 Å². The Morgan fingerprint density at radius 2 is 1.61 bits per heavy atom. The van der Waals surface area contributed by atoms with Gasteiger partial charge in [0.25, 0.3) is 17.7 Å². The molecule has 4 rings (SSSR count). The minimum atomic E-state index is -0.435. The summed E-state index contributed by atoms with van der Waals surface area (Å²) in [4.78, 5) is 39.0. The second-order valence-electron chi connectivity index (χ2n) is 6.45. The average Bonchev–Trinajstić information content (AvgIpc) is 2.93. The van der Waals surface area contributed by atoms with Gasteiger partial charge in [-0.3, -0.25) is 19.3 Å². The molecule has 1 heterocycles. The number of nitrogens with one attached hydrogen (secondary N) is 1. The molecule has 0 saturated heterocycles. The third kappa shape index (κ3) is 3.23. The molecule has 1 aliphatic rings. The zero-order valence-corrected chi connectivity index (χ0v) is 14.8. The van der Waals surface area contributed by atoms with Crippen molar-refractivity contribution in [3.05, 3.63) is 95.1 Å². The van der Waals surface area contributed by atoms with Gasteiger partial charge < -0.3 is 10.4 Å².